The van der Waals surface area contributed by atoms with Crippen molar-refractivity contribution in [2.24, 2.45) is 0 Å². The van der Waals surface area contributed by atoms with Gasteiger partial charge < -0.3 is 29.9 Å². The molecule has 4 N–H and O–H groups in total. The summed E-state index contributed by atoms with van der Waals surface area (Å²) >= 11 is 0. The number of nitrogens with zero attached hydrogens (tertiary/aromatic N) is 2. The lowest BCUT2D eigenvalue weighted by atomic mass is 9.82. The fourth-order valence-electron chi connectivity index (χ4n) is 4.40. The Morgan fingerprint density at radius 2 is 1.85 bits per heavy atom. The van der Waals surface area contributed by atoms with Crippen LogP contribution in [0, 0.1) is 23.7 Å². The molecular weight excluding hydrogens is 436 g/mol. The van der Waals surface area contributed by atoms with Crippen LogP contribution in [0.1, 0.15) is 42.9 Å². The van der Waals surface area contributed by atoms with Gasteiger partial charge in [0.2, 0.25) is 0 Å². The highest BCUT2D eigenvalue weighted by Crippen LogP contribution is 2.31. The molecule has 0 unspecified atom stereocenters. The normalized spacial score (nSPS) is 33.3. The van der Waals surface area contributed by atoms with Gasteiger partial charge in [-0.3, -0.25) is 4.68 Å². The van der Waals surface area contributed by atoms with Crippen LogP contribution >= 0.6 is 0 Å². The highest BCUT2D eigenvalue weighted by atomic mass is 16.5. The molecule has 0 amide bonds. The lowest BCUT2D eigenvalue weighted by Gasteiger charge is -2.43. The van der Waals surface area contributed by atoms with Gasteiger partial charge in [-0.2, -0.15) is 5.10 Å². The van der Waals surface area contributed by atoms with Crippen molar-refractivity contribution in [3.05, 3.63) is 53.9 Å². The molecule has 1 aliphatic carbocycles. The number of aliphatic hydroxyl groups is 4. The number of hydrogen-bond acceptors (Lipinski definition) is 7. The van der Waals surface area contributed by atoms with Gasteiger partial charge in [0.05, 0.1) is 30.5 Å². The van der Waals surface area contributed by atoms with Gasteiger partial charge in [-0.25, -0.2) is 0 Å². The Morgan fingerprint density at radius 3 is 2.53 bits per heavy atom. The third kappa shape index (κ3) is 5.18. The van der Waals surface area contributed by atoms with E-state index in [0.29, 0.717) is 17.2 Å². The van der Waals surface area contributed by atoms with E-state index in [-0.39, 0.29) is 6.04 Å². The number of aliphatic hydroxyl groups excluding tert-OH is 3. The molecule has 4 rings (SSSR count). The van der Waals surface area contributed by atoms with E-state index in [0.717, 1.165) is 25.7 Å². The standard InChI is InChI=1S/C26H30N2O6/c1-33-21-10-8-20(9-11-21)28-16-19(15-27-28)7-12-23-26(32,14-13-18-5-3-2-4-6-18)25(31)24(30)22(17-29)34-23/h2-6,15-16,20-25,29-32H,8-11,17H2,1H3/t20?,21?,22-,23-,24-,25+,26-/m1/s1. The van der Waals surface area contributed by atoms with Crippen LogP contribution in [0.3, 0.4) is 0 Å². The first-order valence-electron chi connectivity index (χ1n) is 11.5. The molecule has 0 spiro atoms. The van der Waals surface area contributed by atoms with E-state index >= 15 is 0 Å². The number of rotatable bonds is 3. The Balaban J connectivity index is 1.57. The van der Waals surface area contributed by atoms with Crippen LogP contribution in [0.2, 0.25) is 0 Å². The summed E-state index contributed by atoms with van der Waals surface area (Å²) in [5.74, 6) is 11.2. The molecule has 2 fully saturated rings. The third-order valence-electron chi connectivity index (χ3n) is 6.53. The maximum Gasteiger partial charge on any atom is 0.191 e. The number of aromatic nitrogens is 2. The summed E-state index contributed by atoms with van der Waals surface area (Å²) in [7, 11) is 1.74. The molecule has 180 valence electrons. The van der Waals surface area contributed by atoms with Gasteiger partial charge in [-0.05, 0) is 37.8 Å². The van der Waals surface area contributed by atoms with Crippen LogP contribution in [0.5, 0.6) is 0 Å². The molecule has 2 aromatic rings. The van der Waals surface area contributed by atoms with Crippen molar-refractivity contribution in [1.29, 1.82) is 0 Å². The highest BCUT2D eigenvalue weighted by Gasteiger charge is 2.53. The zero-order valence-corrected chi connectivity index (χ0v) is 19.0. The number of hydrogen-bond donors (Lipinski definition) is 4. The predicted octanol–water partition coefficient (Wildman–Crippen LogP) is 0.629. The minimum absolute atomic E-state index is 0.275. The molecule has 1 saturated heterocycles. The minimum atomic E-state index is -2.16. The second kappa shape index (κ2) is 10.7. The SMILES string of the molecule is COC1CCC(n2cc(C#C[C@H]3O[C@H](CO)[C@@H](O)[C@H](O)[C@@]3(O)C#Cc3ccccc3)cn2)CC1. The first-order valence-corrected chi connectivity index (χ1v) is 11.5. The van der Waals surface area contributed by atoms with Gasteiger partial charge in [0.25, 0.3) is 0 Å². The van der Waals surface area contributed by atoms with Gasteiger partial charge in [-0.1, -0.05) is 41.9 Å². The number of benzene rings is 1. The van der Waals surface area contributed by atoms with Crippen LogP contribution in [0.15, 0.2) is 42.7 Å². The van der Waals surface area contributed by atoms with Crippen LogP contribution in [-0.2, 0) is 9.47 Å². The summed E-state index contributed by atoms with van der Waals surface area (Å²) in [6.45, 7) is -0.541. The molecule has 8 heteroatoms. The molecule has 1 aromatic carbocycles. The Hall–Kier alpha value is -2.69. The Kier molecular flexibility index (Phi) is 7.70. The lowest BCUT2D eigenvalue weighted by molar-refractivity contribution is -0.239. The quantitative estimate of drug-likeness (QED) is 0.490. The second-order valence-electron chi connectivity index (χ2n) is 8.76. The second-order valence-corrected chi connectivity index (χ2v) is 8.76. The van der Waals surface area contributed by atoms with Crippen molar-refractivity contribution < 1.29 is 29.9 Å². The van der Waals surface area contributed by atoms with Crippen molar-refractivity contribution >= 4 is 0 Å². The van der Waals surface area contributed by atoms with Crippen LogP contribution < -0.4 is 0 Å². The van der Waals surface area contributed by atoms with E-state index in [9.17, 15) is 20.4 Å². The van der Waals surface area contributed by atoms with Crippen molar-refractivity contribution in [2.45, 2.75) is 67.8 Å². The topological polar surface area (TPSA) is 117 Å². The minimum Gasteiger partial charge on any atom is -0.394 e. The monoisotopic (exact) mass is 466 g/mol. The van der Waals surface area contributed by atoms with Gasteiger partial charge in [0.15, 0.2) is 11.7 Å². The fraction of sp³-hybridized carbons (Fsp3) is 0.500. The molecular formula is C26H30N2O6. The zero-order valence-electron chi connectivity index (χ0n) is 19.0. The molecule has 0 bridgehead atoms. The molecule has 2 aliphatic rings. The van der Waals surface area contributed by atoms with Crippen LogP contribution in [0.25, 0.3) is 0 Å². The van der Waals surface area contributed by atoms with Crippen molar-refractivity contribution in [2.75, 3.05) is 13.7 Å². The summed E-state index contributed by atoms with van der Waals surface area (Å²) in [6, 6.07) is 9.23. The fourth-order valence-corrected chi connectivity index (χ4v) is 4.40. The Bertz CT molecular complexity index is 1070. The summed E-state index contributed by atoms with van der Waals surface area (Å²) in [5, 5.41) is 46.2. The first kappa shape index (κ1) is 24.4. The van der Waals surface area contributed by atoms with E-state index in [1.54, 1.807) is 37.6 Å². The van der Waals surface area contributed by atoms with Crippen molar-refractivity contribution in [3.8, 4) is 23.7 Å². The third-order valence-corrected chi connectivity index (χ3v) is 6.53. The van der Waals surface area contributed by atoms with E-state index in [1.807, 2.05) is 16.9 Å². The molecule has 1 saturated carbocycles. The lowest BCUT2D eigenvalue weighted by Crippen LogP contribution is -2.65. The molecule has 8 nitrogen and oxygen atoms in total. The maximum absolute atomic E-state index is 11.3. The average Bonchev–Trinajstić information content (AvgIpc) is 3.35. The molecule has 2 heterocycles. The number of methoxy groups -OCH3 is 1. The summed E-state index contributed by atoms with van der Waals surface area (Å²) < 4.78 is 13.0. The largest absolute Gasteiger partial charge is 0.394 e. The van der Waals surface area contributed by atoms with Gasteiger partial charge in [-0.15, -0.1) is 0 Å². The molecule has 34 heavy (non-hydrogen) atoms. The van der Waals surface area contributed by atoms with E-state index in [2.05, 4.69) is 28.8 Å². The molecule has 1 aliphatic heterocycles. The smallest absolute Gasteiger partial charge is 0.191 e. The van der Waals surface area contributed by atoms with Gasteiger partial charge in [0, 0.05) is 18.9 Å². The highest BCUT2D eigenvalue weighted by molar-refractivity contribution is 5.41. The first-order chi connectivity index (χ1) is 16.4. The van der Waals surface area contributed by atoms with Crippen LogP contribution in [0.4, 0.5) is 0 Å². The average molecular weight is 467 g/mol. The van der Waals surface area contributed by atoms with E-state index in [1.165, 1.54) is 0 Å². The zero-order chi connectivity index (χ0) is 24.1. The molecule has 0 radical (unpaired) electrons. The van der Waals surface area contributed by atoms with Crippen molar-refractivity contribution in [1.82, 2.24) is 9.78 Å². The van der Waals surface area contributed by atoms with Gasteiger partial charge in [0.1, 0.15) is 18.3 Å². The van der Waals surface area contributed by atoms with E-state index < -0.39 is 36.6 Å². The maximum atomic E-state index is 11.3. The molecule has 1 aromatic heterocycles. The predicted molar refractivity (Wildman–Crippen MR) is 123 cm³/mol. The summed E-state index contributed by atoms with van der Waals surface area (Å²) in [4.78, 5) is 0. The van der Waals surface area contributed by atoms with Gasteiger partial charge >= 0.3 is 0 Å². The molecule has 5 atom stereocenters. The summed E-state index contributed by atoms with van der Waals surface area (Å²) in [6.07, 6.45) is 2.10. The van der Waals surface area contributed by atoms with E-state index in [4.69, 9.17) is 9.47 Å². The number of ether oxygens (including phenoxy) is 2. The Morgan fingerprint density at radius 1 is 1.12 bits per heavy atom. The van der Waals surface area contributed by atoms with Crippen molar-refractivity contribution in [3.63, 3.8) is 0 Å². The summed E-state index contributed by atoms with van der Waals surface area (Å²) in [5.41, 5.74) is -0.919. The Labute approximate surface area is 199 Å². The van der Waals surface area contributed by atoms with Crippen LogP contribution in [-0.4, -0.2) is 80.0 Å².